The fraction of sp³-hybridized carbons (Fsp3) is 0.909. The van der Waals surface area contributed by atoms with Crippen LogP contribution < -0.4 is 0 Å². The van der Waals surface area contributed by atoms with Crippen LogP contribution >= 0.6 is 0 Å². The lowest BCUT2D eigenvalue weighted by Crippen LogP contribution is -2.22. The number of hydrogen-bond acceptors (Lipinski definition) is 2. The number of hydrogen-bond donors (Lipinski definition) is 0. The maximum absolute atomic E-state index is 10.9. The van der Waals surface area contributed by atoms with Crippen molar-refractivity contribution >= 4 is 5.78 Å². The predicted molar refractivity (Wildman–Crippen MR) is 52.7 cm³/mol. The molecule has 0 amide bonds. The standard InChI is InChI=1S/C11H20O2/c1-9(12)10(2)13-8-11-6-4-3-5-7-11/h10-11H,3-8H2,1-2H3. The Morgan fingerprint density at radius 1 is 1.38 bits per heavy atom. The summed E-state index contributed by atoms with van der Waals surface area (Å²) in [5.41, 5.74) is 0. The summed E-state index contributed by atoms with van der Waals surface area (Å²) in [5, 5.41) is 0. The molecule has 2 nitrogen and oxygen atoms in total. The van der Waals surface area contributed by atoms with Crippen LogP contribution in [0.25, 0.3) is 0 Å². The first-order valence-electron chi connectivity index (χ1n) is 5.32. The van der Waals surface area contributed by atoms with E-state index in [-0.39, 0.29) is 11.9 Å². The number of ketones is 1. The summed E-state index contributed by atoms with van der Waals surface area (Å²) in [4.78, 5) is 10.9. The first kappa shape index (κ1) is 10.7. The number of carbonyl (C=O) groups excluding carboxylic acids is 1. The molecule has 0 bridgehead atoms. The van der Waals surface area contributed by atoms with Gasteiger partial charge >= 0.3 is 0 Å². The topological polar surface area (TPSA) is 26.3 Å². The largest absolute Gasteiger partial charge is 0.370 e. The maximum atomic E-state index is 10.9. The summed E-state index contributed by atoms with van der Waals surface area (Å²) in [6.07, 6.45) is 6.40. The molecule has 13 heavy (non-hydrogen) atoms. The Hall–Kier alpha value is -0.370. The molecule has 0 aliphatic heterocycles. The molecule has 0 saturated heterocycles. The van der Waals surface area contributed by atoms with Crippen molar-refractivity contribution in [3.05, 3.63) is 0 Å². The van der Waals surface area contributed by atoms with Gasteiger partial charge in [0.15, 0.2) is 5.78 Å². The fourth-order valence-electron chi connectivity index (χ4n) is 1.75. The van der Waals surface area contributed by atoms with E-state index in [1.165, 1.54) is 32.1 Å². The molecular weight excluding hydrogens is 164 g/mol. The van der Waals surface area contributed by atoms with Crippen LogP contribution in [0.2, 0.25) is 0 Å². The number of Topliss-reactive ketones (excluding diaryl/α,β-unsaturated/α-hetero) is 1. The molecule has 0 spiro atoms. The van der Waals surface area contributed by atoms with E-state index in [4.69, 9.17) is 4.74 Å². The van der Waals surface area contributed by atoms with Gasteiger partial charge in [0.05, 0.1) is 6.61 Å². The summed E-state index contributed by atoms with van der Waals surface area (Å²) in [6.45, 7) is 4.21. The number of rotatable bonds is 4. The van der Waals surface area contributed by atoms with Gasteiger partial charge < -0.3 is 4.74 Å². The average molecular weight is 184 g/mol. The Balaban J connectivity index is 2.13. The van der Waals surface area contributed by atoms with Crippen LogP contribution in [0.4, 0.5) is 0 Å². The van der Waals surface area contributed by atoms with Crippen molar-refractivity contribution in [3.63, 3.8) is 0 Å². The second kappa shape index (κ2) is 5.38. The Bertz CT molecular complexity index is 159. The van der Waals surface area contributed by atoms with Crippen LogP contribution in [-0.2, 0) is 9.53 Å². The first-order valence-corrected chi connectivity index (χ1v) is 5.32. The molecule has 0 N–H and O–H groups in total. The van der Waals surface area contributed by atoms with Crippen LogP contribution in [-0.4, -0.2) is 18.5 Å². The average Bonchev–Trinajstić information content (AvgIpc) is 2.15. The molecule has 1 saturated carbocycles. The van der Waals surface area contributed by atoms with Gasteiger partial charge in [-0.25, -0.2) is 0 Å². The Morgan fingerprint density at radius 3 is 2.54 bits per heavy atom. The van der Waals surface area contributed by atoms with Gasteiger partial charge in [-0.2, -0.15) is 0 Å². The minimum atomic E-state index is -0.207. The van der Waals surface area contributed by atoms with E-state index in [1.807, 2.05) is 6.92 Å². The van der Waals surface area contributed by atoms with Crippen LogP contribution in [0.1, 0.15) is 46.0 Å². The van der Waals surface area contributed by atoms with E-state index in [2.05, 4.69) is 0 Å². The van der Waals surface area contributed by atoms with Crippen LogP contribution in [0.5, 0.6) is 0 Å². The van der Waals surface area contributed by atoms with E-state index in [1.54, 1.807) is 6.92 Å². The van der Waals surface area contributed by atoms with Gasteiger partial charge in [0.1, 0.15) is 6.10 Å². The third kappa shape index (κ3) is 3.90. The Kier molecular flexibility index (Phi) is 4.43. The lowest BCUT2D eigenvalue weighted by Gasteiger charge is -2.22. The van der Waals surface area contributed by atoms with Gasteiger partial charge in [0.25, 0.3) is 0 Å². The zero-order valence-corrected chi connectivity index (χ0v) is 8.71. The smallest absolute Gasteiger partial charge is 0.158 e. The second-order valence-corrected chi connectivity index (χ2v) is 4.09. The number of ether oxygens (including phenoxy) is 1. The zero-order chi connectivity index (χ0) is 9.68. The molecule has 1 aliphatic rings. The van der Waals surface area contributed by atoms with E-state index >= 15 is 0 Å². The highest BCUT2D eigenvalue weighted by atomic mass is 16.5. The Labute approximate surface area is 80.7 Å². The molecular formula is C11H20O2. The van der Waals surface area contributed by atoms with E-state index in [0.29, 0.717) is 5.92 Å². The third-order valence-corrected chi connectivity index (χ3v) is 2.88. The van der Waals surface area contributed by atoms with E-state index in [9.17, 15) is 4.79 Å². The summed E-state index contributed by atoms with van der Waals surface area (Å²) >= 11 is 0. The minimum absolute atomic E-state index is 0.135. The lowest BCUT2D eigenvalue weighted by atomic mass is 9.90. The summed E-state index contributed by atoms with van der Waals surface area (Å²) in [5.74, 6) is 0.839. The van der Waals surface area contributed by atoms with Crippen LogP contribution in [0.15, 0.2) is 0 Å². The van der Waals surface area contributed by atoms with Crippen molar-refractivity contribution in [1.29, 1.82) is 0 Å². The van der Waals surface area contributed by atoms with Crippen molar-refractivity contribution in [2.45, 2.75) is 52.1 Å². The normalized spacial score (nSPS) is 21.4. The highest BCUT2D eigenvalue weighted by molar-refractivity contribution is 5.79. The van der Waals surface area contributed by atoms with E-state index < -0.39 is 0 Å². The first-order chi connectivity index (χ1) is 6.20. The molecule has 1 fully saturated rings. The van der Waals surface area contributed by atoms with Gasteiger partial charge in [-0.15, -0.1) is 0 Å². The van der Waals surface area contributed by atoms with Crippen molar-refractivity contribution in [3.8, 4) is 0 Å². The van der Waals surface area contributed by atoms with Crippen molar-refractivity contribution in [2.75, 3.05) is 6.61 Å². The van der Waals surface area contributed by atoms with Gasteiger partial charge in [-0.3, -0.25) is 4.79 Å². The quantitative estimate of drug-likeness (QED) is 0.671. The molecule has 1 unspecified atom stereocenters. The summed E-state index contributed by atoms with van der Waals surface area (Å²) < 4.78 is 5.49. The third-order valence-electron chi connectivity index (χ3n) is 2.88. The van der Waals surface area contributed by atoms with Crippen molar-refractivity contribution in [2.24, 2.45) is 5.92 Å². The zero-order valence-electron chi connectivity index (χ0n) is 8.71. The molecule has 0 radical (unpaired) electrons. The van der Waals surface area contributed by atoms with Crippen LogP contribution in [0, 0.1) is 5.92 Å². The maximum Gasteiger partial charge on any atom is 0.158 e. The van der Waals surface area contributed by atoms with Gasteiger partial charge in [0, 0.05) is 0 Å². The number of carbonyl (C=O) groups is 1. The summed E-state index contributed by atoms with van der Waals surface area (Å²) in [7, 11) is 0. The van der Waals surface area contributed by atoms with Gasteiger partial charge in [-0.1, -0.05) is 19.3 Å². The molecule has 1 rings (SSSR count). The second-order valence-electron chi connectivity index (χ2n) is 4.09. The lowest BCUT2D eigenvalue weighted by molar-refractivity contribution is -0.128. The highest BCUT2D eigenvalue weighted by Gasteiger charge is 2.15. The molecule has 2 heteroatoms. The molecule has 0 aromatic heterocycles. The minimum Gasteiger partial charge on any atom is -0.370 e. The van der Waals surface area contributed by atoms with Gasteiger partial charge in [0.2, 0.25) is 0 Å². The molecule has 0 aromatic carbocycles. The van der Waals surface area contributed by atoms with Crippen molar-refractivity contribution < 1.29 is 9.53 Å². The predicted octanol–water partition coefficient (Wildman–Crippen LogP) is 2.56. The summed E-state index contributed by atoms with van der Waals surface area (Å²) in [6, 6.07) is 0. The molecule has 76 valence electrons. The SMILES string of the molecule is CC(=O)C(C)OCC1CCCCC1. The van der Waals surface area contributed by atoms with E-state index in [0.717, 1.165) is 6.61 Å². The molecule has 1 aliphatic carbocycles. The fourth-order valence-corrected chi connectivity index (χ4v) is 1.75. The Morgan fingerprint density at radius 2 is 2.00 bits per heavy atom. The molecule has 0 heterocycles. The van der Waals surface area contributed by atoms with Crippen LogP contribution in [0.3, 0.4) is 0 Å². The monoisotopic (exact) mass is 184 g/mol. The molecule has 1 atom stereocenters. The molecule has 0 aromatic rings. The highest BCUT2D eigenvalue weighted by Crippen LogP contribution is 2.23. The van der Waals surface area contributed by atoms with Gasteiger partial charge in [-0.05, 0) is 32.6 Å². The van der Waals surface area contributed by atoms with Crippen molar-refractivity contribution in [1.82, 2.24) is 0 Å².